The van der Waals surface area contributed by atoms with Crippen molar-refractivity contribution >= 4 is 23.8 Å². The van der Waals surface area contributed by atoms with E-state index in [1.165, 1.54) is 14.0 Å². The van der Waals surface area contributed by atoms with Crippen LogP contribution in [-0.4, -0.2) is 89.3 Å². The zero-order chi connectivity index (χ0) is 23.5. The summed E-state index contributed by atoms with van der Waals surface area (Å²) < 4.78 is 31.0. The number of hydrogen-bond donors (Lipinski definition) is 1. The molecule has 11 nitrogen and oxygen atoms in total. The Balaban J connectivity index is 4.91. The monoisotopic (exact) mass is 449 g/mol. The van der Waals surface area contributed by atoms with Crippen LogP contribution >= 0.6 is 0 Å². The smallest absolute Gasteiger partial charge is 0.308 e. The SMILES string of the molecule is CCOC(=O)CCOCC(COCCC(=O)OC)(COCCC(=O)OCC)NC(C)=O. The van der Waals surface area contributed by atoms with Crippen LogP contribution < -0.4 is 5.32 Å². The van der Waals surface area contributed by atoms with Crippen molar-refractivity contribution in [1.29, 1.82) is 0 Å². The van der Waals surface area contributed by atoms with Crippen molar-refractivity contribution in [2.24, 2.45) is 0 Å². The number of hydrogen-bond acceptors (Lipinski definition) is 10. The van der Waals surface area contributed by atoms with Gasteiger partial charge in [-0.2, -0.15) is 0 Å². The fraction of sp³-hybridized carbons (Fsp3) is 0.800. The fourth-order valence-corrected chi connectivity index (χ4v) is 2.44. The molecule has 0 aliphatic carbocycles. The van der Waals surface area contributed by atoms with Gasteiger partial charge in [0.15, 0.2) is 0 Å². The summed E-state index contributed by atoms with van der Waals surface area (Å²) in [5.41, 5.74) is -1.09. The molecule has 0 radical (unpaired) electrons. The molecule has 0 bridgehead atoms. The molecule has 0 aliphatic rings. The first-order valence-electron chi connectivity index (χ1n) is 10.2. The van der Waals surface area contributed by atoms with E-state index in [1.54, 1.807) is 13.8 Å². The average Bonchev–Trinajstić information content (AvgIpc) is 2.71. The van der Waals surface area contributed by atoms with Gasteiger partial charge in [-0.15, -0.1) is 0 Å². The van der Waals surface area contributed by atoms with Crippen LogP contribution in [0.2, 0.25) is 0 Å². The van der Waals surface area contributed by atoms with E-state index in [0.717, 1.165) is 0 Å². The molecule has 31 heavy (non-hydrogen) atoms. The van der Waals surface area contributed by atoms with Crippen molar-refractivity contribution in [2.75, 3.05) is 60.0 Å². The molecule has 0 aliphatic heterocycles. The zero-order valence-electron chi connectivity index (χ0n) is 18.9. The van der Waals surface area contributed by atoms with Crippen molar-refractivity contribution in [2.45, 2.75) is 45.6 Å². The van der Waals surface area contributed by atoms with Gasteiger partial charge in [0.1, 0.15) is 5.54 Å². The van der Waals surface area contributed by atoms with Crippen molar-refractivity contribution in [3.8, 4) is 0 Å². The number of ether oxygens (including phenoxy) is 6. The van der Waals surface area contributed by atoms with E-state index in [4.69, 9.17) is 23.7 Å². The third kappa shape index (κ3) is 15.2. The summed E-state index contributed by atoms with van der Waals surface area (Å²) in [6.45, 7) is 5.44. The standard InChI is InChI=1S/C20H35NO10/c1-5-30-18(24)8-11-28-14-20(21-16(3)22,13-27-10-7-17(23)26-4)15-29-12-9-19(25)31-6-2/h5-15H2,1-4H3,(H,21,22). The van der Waals surface area contributed by atoms with E-state index in [2.05, 4.69) is 10.1 Å². The number of methoxy groups -OCH3 is 1. The van der Waals surface area contributed by atoms with E-state index >= 15 is 0 Å². The summed E-state index contributed by atoms with van der Waals surface area (Å²) in [6, 6.07) is 0. The molecule has 0 saturated heterocycles. The molecule has 0 atom stereocenters. The molecule has 0 aromatic rings. The predicted molar refractivity (Wildman–Crippen MR) is 108 cm³/mol. The van der Waals surface area contributed by atoms with Gasteiger partial charge in [0, 0.05) is 6.92 Å². The Morgan fingerprint density at radius 2 is 1.10 bits per heavy atom. The number of esters is 3. The molecule has 1 amide bonds. The molecule has 0 unspecified atom stereocenters. The third-order valence-electron chi connectivity index (χ3n) is 3.77. The molecule has 0 aromatic heterocycles. The van der Waals surface area contributed by atoms with Gasteiger partial charge in [0.05, 0.1) is 79.2 Å². The molecule has 0 rings (SSSR count). The lowest BCUT2D eigenvalue weighted by atomic mass is 10.0. The van der Waals surface area contributed by atoms with E-state index in [0.29, 0.717) is 0 Å². The minimum atomic E-state index is -1.09. The van der Waals surface area contributed by atoms with E-state index in [9.17, 15) is 19.2 Å². The quantitative estimate of drug-likeness (QED) is 0.178. The molecule has 0 saturated carbocycles. The zero-order valence-corrected chi connectivity index (χ0v) is 18.9. The summed E-state index contributed by atoms with van der Waals surface area (Å²) in [5.74, 6) is -1.57. The lowest BCUT2D eigenvalue weighted by Crippen LogP contribution is -2.58. The molecule has 0 spiro atoms. The van der Waals surface area contributed by atoms with Crippen LogP contribution in [0.4, 0.5) is 0 Å². The maximum Gasteiger partial charge on any atom is 0.308 e. The molecular weight excluding hydrogens is 414 g/mol. The number of carbonyl (C=O) groups is 4. The summed E-state index contributed by atoms with van der Waals surface area (Å²) in [7, 11) is 1.28. The van der Waals surface area contributed by atoms with Crippen LogP contribution in [0.5, 0.6) is 0 Å². The van der Waals surface area contributed by atoms with Crippen molar-refractivity contribution in [3.63, 3.8) is 0 Å². The van der Waals surface area contributed by atoms with Crippen LogP contribution in [0.15, 0.2) is 0 Å². The Kier molecular flexibility index (Phi) is 16.2. The number of rotatable bonds is 18. The predicted octanol–water partition coefficient (Wildman–Crippen LogP) is 0.381. The number of carbonyl (C=O) groups excluding carboxylic acids is 4. The molecule has 0 fully saturated rings. The van der Waals surface area contributed by atoms with Crippen molar-refractivity contribution < 1.29 is 47.6 Å². The maximum atomic E-state index is 11.8. The Morgan fingerprint density at radius 3 is 1.42 bits per heavy atom. The minimum Gasteiger partial charge on any atom is -0.469 e. The molecule has 180 valence electrons. The molecule has 1 N–H and O–H groups in total. The van der Waals surface area contributed by atoms with Gasteiger partial charge < -0.3 is 33.7 Å². The first-order chi connectivity index (χ1) is 14.8. The largest absolute Gasteiger partial charge is 0.469 e. The third-order valence-corrected chi connectivity index (χ3v) is 3.77. The highest BCUT2D eigenvalue weighted by atomic mass is 16.5. The second-order valence-corrected chi connectivity index (χ2v) is 6.56. The normalized spacial score (nSPS) is 11.0. The second-order valence-electron chi connectivity index (χ2n) is 6.56. The van der Waals surface area contributed by atoms with Gasteiger partial charge in [-0.3, -0.25) is 19.2 Å². The summed E-state index contributed by atoms with van der Waals surface area (Å²) in [6.07, 6.45) is 0.147. The van der Waals surface area contributed by atoms with Gasteiger partial charge in [-0.1, -0.05) is 0 Å². The lowest BCUT2D eigenvalue weighted by molar-refractivity contribution is -0.145. The average molecular weight is 449 g/mol. The minimum absolute atomic E-state index is 0.0242. The van der Waals surface area contributed by atoms with Crippen LogP contribution in [-0.2, 0) is 47.6 Å². The van der Waals surface area contributed by atoms with E-state index < -0.39 is 23.4 Å². The second kappa shape index (κ2) is 17.4. The topological polar surface area (TPSA) is 136 Å². The molecule has 11 heteroatoms. The van der Waals surface area contributed by atoms with Gasteiger partial charge in [-0.05, 0) is 13.8 Å². The highest BCUT2D eigenvalue weighted by molar-refractivity contribution is 5.74. The van der Waals surface area contributed by atoms with E-state index in [-0.39, 0.29) is 78.0 Å². The van der Waals surface area contributed by atoms with Crippen molar-refractivity contribution in [1.82, 2.24) is 5.32 Å². The fourth-order valence-electron chi connectivity index (χ4n) is 2.44. The molecular formula is C20H35NO10. The molecule has 0 aromatic carbocycles. The Morgan fingerprint density at radius 1 is 0.710 bits per heavy atom. The van der Waals surface area contributed by atoms with Crippen molar-refractivity contribution in [3.05, 3.63) is 0 Å². The Labute approximate surface area is 183 Å². The van der Waals surface area contributed by atoms with E-state index in [1.807, 2.05) is 0 Å². The van der Waals surface area contributed by atoms with Crippen LogP contribution in [0.1, 0.15) is 40.0 Å². The van der Waals surface area contributed by atoms with Gasteiger partial charge in [-0.25, -0.2) is 0 Å². The Bertz CT molecular complexity index is 526. The van der Waals surface area contributed by atoms with Gasteiger partial charge in [0.2, 0.25) is 5.91 Å². The van der Waals surface area contributed by atoms with Crippen LogP contribution in [0.3, 0.4) is 0 Å². The number of amides is 1. The maximum absolute atomic E-state index is 11.8. The first-order valence-corrected chi connectivity index (χ1v) is 10.2. The summed E-state index contributed by atoms with van der Waals surface area (Å²) in [4.78, 5) is 46.0. The van der Waals surface area contributed by atoms with Crippen LogP contribution in [0.25, 0.3) is 0 Å². The first kappa shape index (κ1) is 28.8. The lowest BCUT2D eigenvalue weighted by Gasteiger charge is -2.33. The van der Waals surface area contributed by atoms with Gasteiger partial charge in [0.25, 0.3) is 0 Å². The van der Waals surface area contributed by atoms with Gasteiger partial charge >= 0.3 is 17.9 Å². The highest BCUT2D eigenvalue weighted by Gasteiger charge is 2.33. The van der Waals surface area contributed by atoms with Crippen LogP contribution in [0, 0.1) is 0 Å². The molecule has 0 heterocycles. The highest BCUT2D eigenvalue weighted by Crippen LogP contribution is 2.11. The Hall–Kier alpha value is -2.24. The summed E-state index contributed by atoms with van der Waals surface area (Å²) >= 11 is 0. The summed E-state index contributed by atoms with van der Waals surface area (Å²) in [5, 5.41) is 2.76. The number of nitrogens with one attached hydrogen (secondary N) is 1.